The number of hydrogen-bond donors (Lipinski definition) is 1. The van der Waals surface area contributed by atoms with E-state index in [0.717, 1.165) is 5.56 Å². The third-order valence-corrected chi connectivity index (χ3v) is 1.60. The molecular weight excluding hydrogens is 232 g/mol. The lowest BCUT2D eigenvalue weighted by Gasteiger charge is -2.00. The molecule has 1 aromatic rings. The molecule has 0 aliphatic heterocycles. The van der Waals surface area contributed by atoms with Gasteiger partial charge in [-0.1, -0.05) is 0 Å². The summed E-state index contributed by atoms with van der Waals surface area (Å²) in [4.78, 5) is 10.8. The van der Waals surface area contributed by atoms with Crippen LogP contribution in [0.2, 0.25) is 0 Å². The summed E-state index contributed by atoms with van der Waals surface area (Å²) in [7, 11) is 0. The molecule has 0 atom stereocenters. The Bertz CT molecular complexity index is 312. The van der Waals surface area contributed by atoms with Gasteiger partial charge in [-0.2, -0.15) is 0 Å². The number of pyridine rings is 1. The predicted octanol–water partition coefficient (Wildman–Crippen LogP) is -2.54. The zero-order valence-corrected chi connectivity index (χ0v) is 9.34. The van der Waals surface area contributed by atoms with Crippen LogP contribution in [0.25, 0.3) is 0 Å². The van der Waals surface area contributed by atoms with Crippen LogP contribution in [0.15, 0.2) is 18.3 Å². The maximum atomic E-state index is 10.8. The third kappa shape index (κ3) is 3.55. The highest BCUT2D eigenvalue weighted by Gasteiger charge is 2.05. The number of Topliss-reactive ketones (excluding diaryl/α,β-unsaturated/α-hetero) is 1. The molecule has 0 saturated carbocycles. The van der Waals surface area contributed by atoms with Gasteiger partial charge in [0.05, 0.1) is 6.20 Å². The molecule has 1 aromatic heterocycles. The Morgan fingerprint density at radius 3 is 2.69 bits per heavy atom. The van der Waals surface area contributed by atoms with Crippen molar-refractivity contribution in [3.8, 4) is 0 Å². The van der Waals surface area contributed by atoms with Crippen molar-refractivity contribution < 1.29 is 26.3 Å². The Morgan fingerprint density at radius 1 is 1.54 bits per heavy atom. The smallest absolute Gasteiger partial charge is 0.272 e. The monoisotopic (exact) mass is 244 g/mol. The fraction of sp³-hybridized carbons (Fsp3) is 0.333. The van der Waals surface area contributed by atoms with Gasteiger partial charge < -0.3 is 17.0 Å². The number of anilines is 1. The second-order valence-corrected chi connectivity index (χ2v) is 2.96. The van der Waals surface area contributed by atoms with E-state index in [2.05, 4.69) is 0 Å². The summed E-state index contributed by atoms with van der Waals surface area (Å²) in [6.07, 6.45) is 1.87. The van der Waals surface area contributed by atoms with Gasteiger partial charge in [-0.05, 0) is 25.5 Å². The zero-order valence-electron chi connectivity index (χ0n) is 7.75. The number of carbonyl (C=O) groups is 1. The lowest BCUT2D eigenvalue weighted by molar-refractivity contribution is -0.670. The van der Waals surface area contributed by atoms with E-state index in [4.69, 9.17) is 5.73 Å². The van der Waals surface area contributed by atoms with Crippen molar-refractivity contribution in [3.05, 3.63) is 23.9 Å². The van der Waals surface area contributed by atoms with Crippen LogP contribution in [0.5, 0.6) is 0 Å². The minimum Gasteiger partial charge on any atom is -1.00 e. The number of aryl methyl sites for hydroxylation is 1. The minimum atomic E-state index is 0. The molecule has 2 N–H and O–H groups in total. The molecule has 1 heterocycles. The van der Waals surface area contributed by atoms with Crippen LogP contribution in [0.1, 0.15) is 12.5 Å². The number of hydrogen-bond acceptors (Lipinski definition) is 2. The lowest BCUT2D eigenvalue weighted by atomic mass is 10.3. The van der Waals surface area contributed by atoms with E-state index < -0.39 is 0 Å². The topological polar surface area (TPSA) is 47.0 Å². The number of nitrogen functional groups attached to an aromatic ring is 1. The highest BCUT2D eigenvalue weighted by molar-refractivity contribution is 5.73. The highest BCUT2D eigenvalue weighted by Crippen LogP contribution is 1.96. The van der Waals surface area contributed by atoms with Crippen molar-refractivity contribution >= 4 is 11.6 Å². The Kier molecular flexibility index (Phi) is 4.62. The predicted molar refractivity (Wildman–Crippen MR) is 46.5 cm³/mol. The van der Waals surface area contributed by atoms with Gasteiger partial charge in [0.2, 0.25) is 0 Å². The Labute approximate surface area is 88.3 Å². The van der Waals surface area contributed by atoms with Gasteiger partial charge >= 0.3 is 0 Å². The van der Waals surface area contributed by atoms with E-state index in [1.165, 1.54) is 0 Å². The van der Waals surface area contributed by atoms with Gasteiger partial charge in [0.15, 0.2) is 5.78 Å². The average molecular weight is 245 g/mol. The van der Waals surface area contributed by atoms with Crippen molar-refractivity contribution in [3.63, 3.8) is 0 Å². The van der Waals surface area contributed by atoms with Crippen LogP contribution in [-0.4, -0.2) is 5.78 Å². The van der Waals surface area contributed by atoms with Crippen LogP contribution < -0.4 is 27.3 Å². The number of rotatable bonds is 2. The standard InChI is InChI=1S/C9H12N2O.BrH/c1-7-3-4-9(10)11(5-7)6-8(2)12;/h3-5,10H,6H2,1-2H3;1H. The van der Waals surface area contributed by atoms with E-state index >= 15 is 0 Å². The number of ketones is 1. The van der Waals surface area contributed by atoms with Crippen LogP contribution >= 0.6 is 0 Å². The van der Waals surface area contributed by atoms with Crippen molar-refractivity contribution in [1.82, 2.24) is 0 Å². The Morgan fingerprint density at radius 2 is 2.15 bits per heavy atom. The van der Waals surface area contributed by atoms with E-state index in [-0.39, 0.29) is 22.8 Å². The summed E-state index contributed by atoms with van der Waals surface area (Å²) >= 11 is 0. The van der Waals surface area contributed by atoms with Crippen LogP contribution in [0.4, 0.5) is 5.82 Å². The number of nitrogens with zero attached hydrogens (tertiary/aromatic N) is 1. The normalized spacial score (nSPS) is 9.08. The SMILES string of the molecule is CC(=O)C[n+]1cc(C)ccc1N.[Br-]. The van der Waals surface area contributed by atoms with Gasteiger partial charge in [-0.15, -0.1) is 0 Å². The molecule has 72 valence electrons. The maximum absolute atomic E-state index is 10.8. The quantitative estimate of drug-likeness (QED) is 0.583. The molecule has 0 aliphatic carbocycles. The first-order chi connectivity index (χ1) is 5.59. The molecule has 3 nitrogen and oxygen atoms in total. The minimum absolute atomic E-state index is 0. The molecule has 4 heteroatoms. The Balaban J connectivity index is 0.00000144. The molecule has 0 bridgehead atoms. The molecule has 0 unspecified atom stereocenters. The molecular formula is C9H13BrN2O. The summed E-state index contributed by atoms with van der Waals surface area (Å²) in [6, 6.07) is 3.73. The van der Waals surface area contributed by atoms with Gasteiger partial charge in [0, 0.05) is 6.07 Å². The molecule has 0 radical (unpaired) electrons. The van der Waals surface area contributed by atoms with Gasteiger partial charge in [-0.25, -0.2) is 4.57 Å². The molecule has 0 amide bonds. The first-order valence-electron chi connectivity index (χ1n) is 3.84. The largest absolute Gasteiger partial charge is 1.00 e. The molecule has 1 rings (SSSR count). The Hall–Kier alpha value is -0.900. The van der Waals surface area contributed by atoms with Crippen molar-refractivity contribution in [2.75, 3.05) is 5.73 Å². The highest BCUT2D eigenvalue weighted by atomic mass is 79.9. The van der Waals surface area contributed by atoms with E-state index in [0.29, 0.717) is 12.4 Å². The van der Waals surface area contributed by atoms with Crippen molar-refractivity contribution in [2.24, 2.45) is 0 Å². The van der Waals surface area contributed by atoms with Crippen LogP contribution in [0, 0.1) is 6.92 Å². The van der Waals surface area contributed by atoms with Crippen molar-refractivity contribution in [2.45, 2.75) is 20.4 Å². The molecule has 0 aromatic carbocycles. The third-order valence-electron chi connectivity index (χ3n) is 1.60. The second kappa shape index (κ2) is 4.97. The van der Waals surface area contributed by atoms with Crippen LogP contribution in [-0.2, 0) is 11.3 Å². The average Bonchev–Trinajstić information content (AvgIpc) is 1.96. The van der Waals surface area contributed by atoms with E-state index in [1.807, 2.05) is 19.2 Å². The molecule has 0 fully saturated rings. The molecule has 0 spiro atoms. The number of carbonyl (C=O) groups excluding carboxylic acids is 1. The van der Waals surface area contributed by atoms with Gasteiger partial charge in [0.1, 0.15) is 6.54 Å². The first-order valence-corrected chi connectivity index (χ1v) is 3.84. The summed E-state index contributed by atoms with van der Waals surface area (Å²) in [5, 5.41) is 0. The van der Waals surface area contributed by atoms with Crippen LogP contribution in [0.3, 0.4) is 0 Å². The summed E-state index contributed by atoms with van der Waals surface area (Å²) < 4.78 is 1.75. The fourth-order valence-electron chi connectivity index (χ4n) is 1.05. The van der Waals surface area contributed by atoms with E-state index in [1.54, 1.807) is 17.6 Å². The summed E-state index contributed by atoms with van der Waals surface area (Å²) in [5.74, 6) is 0.730. The molecule has 13 heavy (non-hydrogen) atoms. The summed E-state index contributed by atoms with van der Waals surface area (Å²) in [6.45, 7) is 3.87. The zero-order chi connectivity index (χ0) is 9.14. The number of nitrogens with two attached hydrogens (primary N) is 1. The number of halogens is 1. The van der Waals surface area contributed by atoms with Gasteiger partial charge in [-0.3, -0.25) is 10.5 Å². The molecule has 0 saturated heterocycles. The first kappa shape index (κ1) is 12.1. The lowest BCUT2D eigenvalue weighted by Crippen LogP contribution is -3.00. The fourth-order valence-corrected chi connectivity index (χ4v) is 1.05. The molecule has 0 aliphatic rings. The maximum Gasteiger partial charge on any atom is 0.272 e. The van der Waals surface area contributed by atoms with Gasteiger partial charge in [0.25, 0.3) is 5.82 Å². The summed E-state index contributed by atoms with van der Waals surface area (Å²) in [5.41, 5.74) is 6.75. The van der Waals surface area contributed by atoms with E-state index in [9.17, 15) is 4.79 Å². The second-order valence-electron chi connectivity index (χ2n) is 2.96. The van der Waals surface area contributed by atoms with Crippen molar-refractivity contribution in [1.29, 1.82) is 0 Å². The number of aromatic nitrogens is 1.